The number of anilines is 2. The Morgan fingerprint density at radius 2 is 2.26 bits per heavy atom. The smallest absolute Gasteiger partial charge is 0.278 e. The molecule has 5 heteroatoms. The van der Waals surface area contributed by atoms with Gasteiger partial charge in [-0.15, -0.1) is 0 Å². The second-order valence-electron chi connectivity index (χ2n) is 4.48. The Morgan fingerprint density at radius 3 is 2.84 bits per heavy atom. The average Bonchev–Trinajstić information content (AvgIpc) is 2.82. The minimum absolute atomic E-state index is 0.104. The van der Waals surface area contributed by atoms with Crippen LogP contribution in [0.1, 0.15) is 23.8 Å². The van der Waals surface area contributed by atoms with Gasteiger partial charge in [0.1, 0.15) is 5.69 Å². The summed E-state index contributed by atoms with van der Waals surface area (Å²) in [7, 11) is 1.84. The highest BCUT2D eigenvalue weighted by atomic mass is 16.2. The second kappa shape index (κ2) is 5.56. The van der Waals surface area contributed by atoms with Crippen LogP contribution in [0.5, 0.6) is 0 Å². The normalized spacial score (nSPS) is 10.4. The highest BCUT2D eigenvalue weighted by Crippen LogP contribution is 2.19. The number of nitrogens with two attached hydrogens (primary N) is 1. The summed E-state index contributed by atoms with van der Waals surface area (Å²) in [6.07, 6.45) is 4.21. The van der Waals surface area contributed by atoms with Crippen molar-refractivity contribution >= 4 is 17.3 Å². The molecule has 0 atom stereocenters. The largest absolute Gasteiger partial charge is 0.399 e. The van der Waals surface area contributed by atoms with E-state index in [2.05, 4.69) is 4.98 Å². The van der Waals surface area contributed by atoms with Gasteiger partial charge in [-0.1, -0.05) is 13.0 Å². The standard InChI is InChI=1S/C14H18N4O/c1-3-7-18(12-6-4-5-11(15)8-12)14(19)13-9-17(2)10-16-13/h4-6,8-10H,3,7,15H2,1-2H3. The first kappa shape index (κ1) is 13.1. The number of amides is 1. The van der Waals surface area contributed by atoms with Crippen molar-refractivity contribution in [1.29, 1.82) is 0 Å². The maximum atomic E-state index is 12.5. The van der Waals surface area contributed by atoms with Gasteiger partial charge in [-0.05, 0) is 24.6 Å². The van der Waals surface area contributed by atoms with Crippen LogP contribution >= 0.6 is 0 Å². The first-order valence-corrected chi connectivity index (χ1v) is 6.27. The first-order valence-electron chi connectivity index (χ1n) is 6.27. The molecule has 100 valence electrons. The molecule has 2 N–H and O–H groups in total. The molecule has 0 unspecified atom stereocenters. The second-order valence-corrected chi connectivity index (χ2v) is 4.48. The van der Waals surface area contributed by atoms with Gasteiger partial charge >= 0.3 is 0 Å². The van der Waals surface area contributed by atoms with Gasteiger partial charge in [0.25, 0.3) is 5.91 Å². The number of nitrogens with zero attached hydrogens (tertiary/aromatic N) is 3. The highest BCUT2D eigenvalue weighted by molar-refractivity contribution is 6.04. The number of aromatic nitrogens is 2. The molecular weight excluding hydrogens is 240 g/mol. The van der Waals surface area contributed by atoms with Crippen molar-refractivity contribution in [3.63, 3.8) is 0 Å². The lowest BCUT2D eigenvalue weighted by atomic mass is 10.2. The Bertz CT molecular complexity index is 576. The lowest BCUT2D eigenvalue weighted by Gasteiger charge is -2.21. The Balaban J connectivity index is 2.32. The maximum Gasteiger partial charge on any atom is 0.278 e. The molecule has 2 aromatic rings. The van der Waals surface area contributed by atoms with E-state index in [0.717, 1.165) is 12.1 Å². The van der Waals surface area contributed by atoms with Crippen molar-refractivity contribution < 1.29 is 4.79 Å². The maximum absolute atomic E-state index is 12.5. The van der Waals surface area contributed by atoms with Gasteiger partial charge in [-0.25, -0.2) is 4.98 Å². The van der Waals surface area contributed by atoms with E-state index in [1.165, 1.54) is 0 Å². The molecule has 0 radical (unpaired) electrons. The molecule has 0 bridgehead atoms. The zero-order valence-electron chi connectivity index (χ0n) is 11.2. The fraction of sp³-hybridized carbons (Fsp3) is 0.286. The Morgan fingerprint density at radius 1 is 1.47 bits per heavy atom. The highest BCUT2D eigenvalue weighted by Gasteiger charge is 2.19. The number of carbonyl (C=O) groups excluding carboxylic acids is 1. The third-order valence-electron chi connectivity index (χ3n) is 2.80. The van der Waals surface area contributed by atoms with Crippen molar-refractivity contribution in [1.82, 2.24) is 9.55 Å². The van der Waals surface area contributed by atoms with Crippen LogP contribution in [0.25, 0.3) is 0 Å². The molecule has 0 saturated carbocycles. The minimum atomic E-state index is -0.104. The van der Waals surface area contributed by atoms with Crippen LogP contribution in [0.3, 0.4) is 0 Å². The molecule has 0 aliphatic rings. The van der Waals surface area contributed by atoms with Crippen LogP contribution in [0, 0.1) is 0 Å². The van der Waals surface area contributed by atoms with Gasteiger partial charge in [-0.3, -0.25) is 4.79 Å². The number of hydrogen-bond acceptors (Lipinski definition) is 3. The van der Waals surface area contributed by atoms with E-state index in [1.807, 2.05) is 26.1 Å². The van der Waals surface area contributed by atoms with E-state index in [-0.39, 0.29) is 5.91 Å². The predicted molar refractivity (Wildman–Crippen MR) is 76.0 cm³/mol. The Kier molecular flexibility index (Phi) is 3.85. The third-order valence-corrected chi connectivity index (χ3v) is 2.80. The van der Waals surface area contributed by atoms with Crippen LogP contribution in [0.15, 0.2) is 36.8 Å². The molecule has 5 nitrogen and oxygen atoms in total. The van der Waals surface area contributed by atoms with Gasteiger partial charge in [0.15, 0.2) is 0 Å². The summed E-state index contributed by atoms with van der Waals surface area (Å²) in [5.41, 5.74) is 7.67. The van der Waals surface area contributed by atoms with Crippen LogP contribution in [0.4, 0.5) is 11.4 Å². The number of imidazole rings is 1. The van der Waals surface area contributed by atoms with Crippen LogP contribution < -0.4 is 10.6 Å². The molecule has 1 aromatic heterocycles. The van der Waals surface area contributed by atoms with E-state index in [4.69, 9.17) is 5.73 Å². The summed E-state index contributed by atoms with van der Waals surface area (Å²) in [6.45, 7) is 2.67. The Hall–Kier alpha value is -2.30. The number of rotatable bonds is 4. The lowest BCUT2D eigenvalue weighted by Crippen LogP contribution is -2.32. The number of carbonyl (C=O) groups is 1. The van der Waals surface area contributed by atoms with Gasteiger partial charge < -0.3 is 15.2 Å². The lowest BCUT2D eigenvalue weighted by molar-refractivity contribution is 0.0982. The van der Waals surface area contributed by atoms with Crippen molar-refractivity contribution in [3.8, 4) is 0 Å². The van der Waals surface area contributed by atoms with Crippen LogP contribution in [-0.2, 0) is 7.05 Å². The molecule has 1 aromatic carbocycles. The number of aryl methyl sites for hydroxylation is 1. The predicted octanol–water partition coefficient (Wildman–Crippen LogP) is 2.06. The summed E-state index contributed by atoms with van der Waals surface area (Å²) in [5.74, 6) is -0.104. The molecule has 1 heterocycles. The third kappa shape index (κ3) is 2.93. The summed E-state index contributed by atoms with van der Waals surface area (Å²) in [4.78, 5) is 18.3. The summed E-state index contributed by atoms with van der Waals surface area (Å²) >= 11 is 0. The molecule has 2 rings (SSSR count). The van der Waals surface area contributed by atoms with E-state index < -0.39 is 0 Å². The van der Waals surface area contributed by atoms with E-state index >= 15 is 0 Å². The fourth-order valence-electron chi connectivity index (χ4n) is 1.93. The van der Waals surface area contributed by atoms with Crippen molar-refractivity contribution in [2.45, 2.75) is 13.3 Å². The zero-order chi connectivity index (χ0) is 13.8. The molecule has 0 saturated heterocycles. The van der Waals surface area contributed by atoms with E-state index in [9.17, 15) is 4.79 Å². The number of nitrogen functional groups attached to an aromatic ring is 1. The van der Waals surface area contributed by atoms with Gasteiger partial charge in [0.05, 0.1) is 6.33 Å². The van der Waals surface area contributed by atoms with Gasteiger partial charge in [-0.2, -0.15) is 0 Å². The SMILES string of the molecule is CCCN(C(=O)c1cn(C)cn1)c1cccc(N)c1. The fourth-order valence-corrected chi connectivity index (χ4v) is 1.93. The quantitative estimate of drug-likeness (QED) is 0.854. The summed E-state index contributed by atoms with van der Waals surface area (Å²) in [6, 6.07) is 7.33. The van der Waals surface area contributed by atoms with Crippen molar-refractivity contribution in [2.75, 3.05) is 17.2 Å². The van der Waals surface area contributed by atoms with Crippen molar-refractivity contribution in [3.05, 3.63) is 42.5 Å². The van der Waals surface area contributed by atoms with E-state index in [0.29, 0.717) is 17.9 Å². The average molecular weight is 258 g/mol. The topological polar surface area (TPSA) is 64.2 Å². The number of benzene rings is 1. The van der Waals surface area contributed by atoms with E-state index in [1.54, 1.807) is 34.1 Å². The van der Waals surface area contributed by atoms with Crippen LogP contribution in [-0.4, -0.2) is 22.0 Å². The zero-order valence-corrected chi connectivity index (χ0v) is 11.2. The number of hydrogen-bond donors (Lipinski definition) is 1. The molecule has 1 amide bonds. The molecule has 0 aliphatic heterocycles. The monoisotopic (exact) mass is 258 g/mol. The van der Waals surface area contributed by atoms with Gasteiger partial charge in [0, 0.05) is 31.2 Å². The Labute approximate surface area is 112 Å². The first-order chi connectivity index (χ1) is 9.11. The molecular formula is C14H18N4O. The van der Waals surface area contributed by atoms with Crippen molar-refractivity contribution in [2.24, 2.45) is 7.05 Å². The molecule has 0 fully saturated rings. The molecule has 0 spiro atoms. The van der Waals surface area contributed by atoms with Gasteiger partial charge in [0.2, 0.25) is 0 Å². The summed E-state index contributed by atoms with van der Waals surface area (Å²) in [5, 5.41) is 0. The summed E-state index contributed by atoms with van der Waals surface area (Å²) < 4.78 is 1.76. The molecule has 0 aliphatic carbocycles. The van der Waals surface area contributed by atoms with Crippen LogP contribution in [0.2, 0.25) is 0 Å². The minimum Gasteiger partial charge on any atom is -0.399 e. The molecule has 19 heavy (non-hydrogen) atoms.